The van der Waals surface area contributed by atoms with E-state index in [2.05, 4.69) is 16.3 Å². The molecule has 0 radical (unpaired) electrons. The van der Waals surface area contributed by atoms with E-state index in [1.54, 1.807) is 18.2 Å². The molecule has 0 spiro atoms. The van der Waals surface area contributed by atoms with Gasteiger partial charge in [-0.1, -0.05) is 35.9 Å². The molecular formula is C20H21ClFN3O. The summed E-state index contributed by atoms with van der Waals surface area (Å²) in [7, 11) is 0. The molecule has 2 bridgehead atoms. The molecule has 26 heavy (non-hydrogen) atoms. The normalized spacial score (nSPS) is 22.5. The van der Waals surface area contributed by atoms with Gasteiger partial charge in [0.25, 0.3) is 0 Å². The highest BCUT2D eigenvalue weighted by molar-refractivity contribution is 6.30. The number of hydrogen-bond donors (Lipinski definition) is 1. The second kappa shape index (κ2) is 7.25. The molecule has 2 fully saturated rings. The summed E-state index contributed by atoms with van der Waals surface area (Å²) in [5.41, 5.74) is 1.42. The van der Waals surface area contributed by atoms with E-state index in [-0.39, 0.29) is 11.7 Å². The van der Waals surface area contributed by atoms with Crippen molar-refractivity contribution in [3.05, 3.63) is 64.9 Å². The Morgan fingerprint density at radius 1 is 1.12 bits per heavy atom. The summed E-state index contributed by atoms with van der Waals surface area (Å²) in [5.74, 6) is -0.414. The fourth-order valence-corrected chi connectivity index (χ4v) is 4.23. The number of benzene rings is 2. The molecule has 2 saturated heterocycles. The number of anilines is 1. The minimum absolute atomic E-state index is 0.227. The quantitative estimate of drug-likeness (QED) is 0.867. The standard InChI is InChI=1S/C20H21ClFN3O/c21-15-5-3-4-14(10-15)11-25-16-8-9-17(25)13-24(12-16)20(26)23-19-7-2-1-6-18(19)22/h1-7,10,16-17H,8-9,11-13H2,(H,23,26). The second-order valence-corrected chi connectivity index (χ2v) is 7.44. The number of rotatable bonds is 3. The van der Waals surface area contributed by atoms with Gasteiger partial charge in [0, 0.05) is 36.7 Å². The number of carbonyl (C=O) groups is 1. The molecular weight excluding hydrogens is 353 g/mol. The van der Waals surface area contributed by atoms with Crippen molar-refractivity contribution in [2.24, 2.45) is 0 Å². The van der Waals surface area contributed by atoms with E-state index in [1.165, 1.54) is 11.6 Å². The number of halogens is 2. The zero-order valence-electron chi connectivity index (χ0n) is 14.4. The molecule has 0 aliphatic carbocycles. The third-order valence-corrected chi connectivity index (χ3v) is 5.53. The zero-order chi connectivity index (χ0) is 18.1. The topological polar surface area (TPSA) is 35.6 Å². The maximum atomic E-state index is 13.8. The van der Waals surface area contributed by atoms with Crippen LogP contribution >= 0.6 is 11.6 Å². The van der Waals surface area contributed by atoms with Crippen LogP contribution in [0, 0.1) is 5.82 Å². The van der Waals surface area contributed by atoms with Gasteiger partial charge in [-0.25, -0.2) is 9.18 Å². The Labute approximate surface area is 157 Å². The molecule has 6 heteroatoms. The van der Waals surface area contributed by atoms with Crippen LogP contribution in [-0.2, 0) is 6.54 Å². The fraction of sp³-hybridized carbons (Fsp3) is 0.350. The molecule has 2 aliphatic heterocycles. The molecule has 2 amide bonds. The van der Waals surface area contributed by atoms with Crippen LogP contribution in [0.3, 0.4) is 0 Å². The Balaban J connectivity index is 1.41. The molecule has 2 aromatic rings. The van der Waals surface area contributed by atoms with Crippen molar-refractivity contribution in [1.29, 1.82) is 0 Å². The summed E-state index contributed by atoms with van der Waals surface area (Å²) in [5, 5.41) is 3.44. The van der Waals surface area contributed by atoms with Gasteiger partial charge in [-0.05, 0) is 42.7 Å². The van der Waals surface area contributed by atoms with Crippen LogP contribution in [0.25, 0.3) is 0 Å². The maximum Gasteiger partial charge on any atom is 0.322 e. The molecule has 0 aromatic heterocycles. The summed E-state index contributed by atoms with van der Waals surface area (Å²) in [4.78, 5) is 16.8. The van der Waals surface area contributed by atoms with Crippen LogP contribution in [0.4, 0.5) is 14.9 Å². The molecule has 0 saturated carbocycles. The lowest BCUT2D eigenvalue weighted by Crippen LogP contribution is -2.55. The highest BCUT2D eigenvalue weighted by Gasteiger charge is 2.41. The summed E-state index contributed by atoms with van der Waals surface area (Å²) in [6, 6.07) is 14.6. The number of urea groups is 1. The van der Waals surface area contributed by atoms with Crippen molar-refractivity contribution in [3.8, 4) is 0 Å². The van der Waals surface area contributed by atoms with E-state index in [4.69, 9.17) is 11.6 Å². The number of carbonyl (C=O) groups excluding carboxylic acids is 1. The number of piperazine rings is 1. The molecule has 2 aliphatic rings. The number of hydrogen-bond acceptors (Lipinski definition) is 2. The first-order valence-electron chi connectivity index (χ1n) is 8.91. The first-order chi connectivity index (χ1) is 12.6. The van der Waals surface area contributed by atoms with Crippen molar-refractivity contribution in [2.75, 3.05) is 18.4 Å². The van der Waals surface area contributed by atoms with E-state index in [0.29, 0.717) is 25.2 Å². The number of fused-ring (bicyclic) bond motifs is 2. The van der Waals surface area contributed by atoms with Crippen LogP contribution in [0.1, 0.15) is 18.4 Å². The van der Waals surface area contributed by atoms with Crippen LogP contribution in [0.15, 0.2) is 48.5 Å². The number of nitrogens with zero attached hydrogens (tertiary/aromatic N) is 2. The van der Waals surface area contributed by atoms with Gasteiger partial charge in [-0.15, -0.1) is 0 Å². The lowest BCUT2D eigenvalue weighted by Gasteiger charge is -2.41. The van der Waals surface area contributed by atoms with E-state index >= 15 is 0 Å². The van der Waals surface area contributed by atoms with Gasteiger partial charge in [0.1, 0.15) is 5.82 Å². The van der Waals surface area contributed by atoms with E-state index in [9.17, 15) is 9.18 Å². The molecule has 2 unspecified atom stereocenters. The molecule has 2 aromatic carbocycles. The molecule has 1 N–H and O–H groups in total. The Morgan fingerprint density at radius 2 is 1.85 bits per heavy atom. The minimum Gasteiger partial charge on any atom is -0.321 e. The second-order valence-electron chi connectivity index (χ2n) is 7.00. The number of para-hydroxylation sites is 1. The van der Waals surface area contributed by atoms with Gasteiger partial charge < -0.3 is 10.2 Å². The van der Waals surface area contributed by atoms with E-state index in [1.807, 2.05) is 23.1 Å². The Kier molecular flexibility index (Phi) is 4.83. The SMILES string of the molecule is O=C(Nc1ccccc1F)N1CC2CCC(C1)N2Cc1cccc(Cl)c1. The van der Waals surface area contributed by atoms with Gasteiger partial charge in [0.15, 0.2) is 0 Å². The van der Waals surface area contributed by atoms with Crippen LogP contribution in [0.2, 0.25) is 5.02 Å². The number of likely N-dealkylation sites (tertiary alicyclic amines) is 1. The fourth-order valence-electron chi connectivity index (χ4n) is 4.02. The monoisotopic (exact) mass is 373 g/mol. The third-order valence-electron chi connectivity index (χ3n) is 5.29. The number of nitrogens with one attached hydrogen (secondary N) is 1. The summed E-state index contributed by atoms with van der Waals surface area (Å²) in [6.07, 6.45) is 2.16. The van der Waals surface area contributed by atoms with Crippen molar-refractivity contribution >= 4 is 23.3 Å². The average molecular weight is 374 g/mol. The van der Waals surface area contributed by atoms with Crippen molar-refractivity contribution < 1.29 is 9.18 Å². The van der Waals surface area contributed by atoms with Crippen molar-refractivity contribution in [1.82, 2.24) is 9.80 Å². The zero-order valence-corrected chi connectivity index (χ0v) is 15.1. The van der Waals surface area contributed by atoms with E-state index < -0.39 is 5.82 Å². The smallest absolute Gasteiger partial charge is 0.321 e. The molecule has 4 rings (SSSR count). The van der Waals surface area contributed by atoms with Gasteiger partial charge >= 0.3 is 6.03 Å². The van der Waals surface area contributed by atoms with Gasteiger partial charge in [-0.2, -0.15) is 0 Å². The first kappa shape index (κ1) is 17.3. The van der Waals surface area contributed by atoms with E-state index in [0.717, 1.165) is 24.4 Å². The predicted octanol–water partition coefficient (Wildman–Crippen LogP) is 4.36. The third kappa shape index (κ3) is 3.55. The number of amides is 2. The predicted molar refractivity (Wildman–Crippen MR) is 101 cm³/mol. The summed E-state index contributed by atoms with van der Waals surface area (Å²) < 4.78 is 13.8. The van der Waals surface area contributed by atoms with Crippen LogP contribution < -0.4 is 5.32 Å². The van der Waals surface area contributed by atoms with Crippen molar-refractivity contribution in [3.63, 3.8) is 0 Å². The van der Waals surface area contributed by atoms with Gasteiger partial charge in [0.05, 0.1) is 5.69 Å². The Bertz CT molecular complexity index is 801. The molecule has 4 nitrogen and oxygen atoms in total. The minimum atomic E-state index is -0.414. The van der Waals surface area contributed by atoms with Gasteiger partial charge in [-0.3, -0.25) is 4.90 Å². The highest BCUT2D eigenvalue weighted by atomic mass is 35.5. The summed E-state index contributed by atoms with van der Waals surface area (Å²) >= 11 is 6.10. The molecule has 136 valence electrons. The lowest BCUT2D eigenvalue weighted by molar-refractivity contribution is 0.0812. The maximum absolute atomic E-state index is 13.8. The van der Waals surface area contributed by atoms with Gasteiger partial charge in [0.2, 0.25) is 0 Å². The van der Waals surface area contributed by atoms with Crippen molar-refractivity contribution in [2.45, 2.75) is 31.5 Å². The average Bonchev–Trinajstić information content (AvgIpc) is 2.85. The largest absolute Gasteiger partial charge is 0.322 e. The Morgan fingerprint density at radius 3 is 2.54 bits per heavy atom. The molecule has 2 atom stereocenters. The molecule has 2 heterocycles. The lowest BCUT2D eigenvalue weighted by atomic mass is 10.1. The van der Waals surface area contributed by atoms with Crippen LogP contribution in [0.5, 0.6) is 0 Å². The first-order valence-corrected chi connectivity index (χ1v) is 9.28. The van der Waals surface area contributed by atoms with Crippen LogP contribution in [-0.4, -0.2) is 41.0 Å². The Hall–Kier alpha value is -2.11. The highest BCUT2D eigenvalue weighted by Crippen LogP contribution is 2.32. The summed E-state index contributed by atoms with van der Waals surface area (Å²) in [6.45, 7) is 2.17.